The van der Waals surface area contributed by atoms with Gasteiger partial charge in [-0.3, -0.25) is 9.59 Å². The van der Waals surface area contributed by atoms with Gasteiger partial charge in [-0.1, -0.05) is 65.7 Å². The summed E-state index contributed by atoms with van der Waals surface area (Å²) in [6.07, 6.45) is 2.15. The number of para-hydroxylation sites is 1. The molecule has 0 aliphatic carbocycles. The molecule has 0 N–H and O–H groups in total. The van der Waals surface area contributed by atoms with E-state index in [2.05, 4.69) is 12.1 Å². The molecule has 2 amide bonds. The van der Waals surface area contributed by atoms with Crippen molar-refractivity contribution in [3.8, 4) is 5.75 Å². The van der Waals surface area contributed by atoms with Crippen molar-refractivity contribution >= 4 is 35.0 Å². The molecule has 0 saturated heterocycles. The van der Waals surface area contributed by atoms with Crippen LogP contribution in [0, 0.1) is 0 Å². The lowest BCUT2D eigenvalue weighted by Crippen LogP contribution is -2.46. The summed E-state index contributed by atoms with van der Waals surface area (Å²) in [7, 11) is 0. The lowest BCUT2D eigenvalue weighted by molar-refractivity contribution is 0.0586. The van der Waals surface area contributed by atoms with E-state index in [0.29, 0.717) is 53.0 Å². The van der Waals surface area contributed by atoms with Crippen LogP contribution in [0.15, 0.2) is 72.8 Å². The Hall–Kier alpha value is -3.02. The average Bonchev–Trinajstić information content (AvgIpc) is 2.90. The van der Waals surface area contributed by atoms with Crippen molar-refractivity contribution in [2.45, 2.75) is 32.2 Å². The third-order valence-electron chi connectivity index (χ3n) is 6.48. The minimum atomic E-state index is -0.251. The highest BCUT2D eigenvalue weighted by molar-refractivity contribution is 6.42. The maximum absolute atomic E-state index is 13.8. The smallest absolute Gasteiger partial charge is 0.257 e. The summed E-state index contributed by atoms with van der Waals surface area (Å²) < 4.78 is 6.28. The van der Waals surface area contributed by atoms with Gasteiger partial charge in [0.15, 0.2) is 0 Å². The van der Waals surface area contributed by atoms with Crippen molar-refractivity contribution in [3.63, 3.8) is 0 Å². The predicted octanol–water partition coefficient (Wildman–Crippen LogP) is 6.38. The number of carbonyl (C=O) groups is 2. The highest BCUT2D eigenvalue weighted by Gasteiger charge is 2.28. The number of fused-ring (bicyclic) bond motifs is 1. The Morgan fingerprint density at radius 1 is 0.944 bits per heavy atom. The molecule has 0 saturated carbocycles. The first-order valence-electron chi connectivity index (χ1n) is 12.3. The second-order valence-corrected chi connectivity index (χ2v) is 9.68. The van der Waals surface area contributed by atoms with Gasteiger partial charge in [0.05, 0.1) is 21.7 Å². The Morgan fingerprint density at radius 3 is 2.42 bits per heavy atom. The minimum Gasteiger partial charge on any atom is -0.491 e. The SMILES string of the molecule is CCN1CCCCN(C(=O)c2ccc(Cl)c(Cl)c2)[C@@H](Cc2ccccc2)COc2ccccc2C1=O. The number of amides is 2. The Bertz CT molecular complexity index is 1200. The van der Waals surface area contributed by atoms with E-state index in [9.17, 15) is 9.59 Å². The molecule has 36 heavy (non-hydrogen) atoms. The van der Waals surface area contributed by atoms with Gasteiger partial charge in [0.25, 0.3) is 11.8 Å². The molecule has 1 atom stereocenters. The number of ether oxygens (including phenoxy) is 1. The third-order valence-corrected chi connectivity index (χ3v) is 7.22. The molecule has 1 aliphatic rings. The number of hydrogen-bond acceptors (Lipinski definition) is 3. The van der Waals surface area contributed by atoms with Crippen LogP contribution in [0.4, 0.5) is 0 Å². The van der Waals surface area contributed by atoms with Crippen LogP contribution in [-0.2, 0) is 6.42 Å². The second kappa shape index (κ2) is 12.3. The van der Waals surface area contributed by atoms with Crippen molar-refractivity contribution in [3.05, 3.63) is 99.5 Å². The standard InChI is InChI=1S/C29H30Cl2N2O3/c1-2-32-16-8-9-17-33(28(34)22-14-15-25(30)26(31)19-22)23(18-21-10-4-3-5-11-21)20-36-27-13-7-6-12-24(27)29(32)35/h3-7,10-15,19,23H,2,8-9,16-18,20H2,1H3/t23-/m0/s1. The van der Waals surface area contributed by atoms with Crippen LogP contribution < -0.4 is 4.74 Å². The molecular weight excluding hydrogens is 495 g/mol. The minimum absolute atomic E-state index is 0.0305. The topological polar surface area (TPSA) is 49.9 Å². The van der Waals surface area contributed by atoms with E-state index < -0.39 is 0 Å². The molecule has 1 heterocycles. The largest absolute Gasteiger partial charge is 0.491 e. The number of benzene rings is 3. The molecule has 7 heteroatoms. The van der Waals surface area contributed by atoms with E-state index in [4.69, 9.17) is 27.9 Å². The highest BCUT2D eigenvalue weighted by atomic mass is 35.5. The van der Waals surface area contributed by atoms with Crippen molar-refractivity contribution in [1.29, 1.82) is 0 Å². The first-order valence-corrected chi connectivity index (χ1v) is 13.0. The number of carbonyl (C=O) groups excluding carboxylic acids is 2. The van der Waals surface area contributed by atoms with Crippen LogP contribution in [0.5, 0.6) is 5.75 Å². The zero-order valence-corrected chi connectivity index (χ0v) is 21.8. The second-order valence-electron chi connectivity index (χ2n) is 8.87. The fraction of sp³-hybridized carbons (Fsp3) is 0.310. The lowest BCUT2D eigenvalue weighted by Gasteiger charge is -2.33. The van der Waals surface area contributed by atoms with E-state index in [1.54, 1.807) is 24.3 Å². The first kappa shape index (κ1) is 26.1. The molecular formula is C29H30Cl2N2O3. The van der Waals surface area contributed by atoms with E-state index in [1.165, 1.54) is 0 Å². The summed E-state index contributed by atoms with van der Waals surface area (Å²) in [5, 5.41) is 0.755. The van der Waals surface area contributed by atoms with Crippen molar-refractivity contribution in [2.24, 2.45) is 0 Å². The van der Waals surface area contributed by atoms with Crippen LogP contribution in [0.3, 0.4) is 0 Å². The summed E-state index contributed by atoms with van der Waals surface area (Å²) in [6, 6.07) is 22.1. The maximum Gasteiger partial charge on any atom is 0.257 e. The Balaban J connectivity index is 1.71. The van der Waals surface area contributed by atoms with Crippen LogP contribution in [-0.4, -0.2) is 53.9 Å². The van der Waals surface area contributed by atoms with Gasteiger partial charge in [0.2, 0.25) is 0 Å². The molecule has 5 nitrogen and oxygen atoms in total. The van der Waals surface area contributed by atoms with Gasteiger partial charge in [0, 0.05) is 25.2 Å². The zero-order valence-electron chi connectivity index (χ0n) is 20.3. The molecule has 3 aromatic rings. The molecule has 188 valence electrons. The number of rotatable bonds is 4. The van der Waals surface area contributed by atoms with Crippen LogP contribution in [0.2, 0.25) is 10.0 Å². The normalized spacial score (nSPS) is 17.0. The van der Waals surface area contributed by atoms with Gasteiger partial charge in [-0.15, -0.1) is 0 Å². The van der Waals surface area contributed by atoms with Gasteiger partial charge < -0.3 is 14.5 Å². The molecule has 0 radical (unpaired) electrons. The molecule has 0 unspecified atom stereocenters. The highest BCUT2D eigenvalue weighted by Crippen LogP contribution is 2.26. The van der Waals surface area contributed by atoms with E-state index in [1.807, 2.05) is 53.1 Å². The Morgan fingerprint density at radius 2 is 1.67 bits per heavy atom. The van der Waals surface area contributed by atoms with Gasteiger partial charge in [-0.05, 0) is 62.1 Å². The monoisotopic (exact) mass is 524 g/mol. The lowest BCUT2D eigenvalue weighted by atomic mass is 10.0. The van der Waals surface area contributed by atoms with E-state index in [0.717, 1.165) is 18.4 Å². The maximum atomic E-state index is 13.8. The van der Waals surface area contributed by atoms with Gasteiger partial charge in [0.1, 0.15) is 12.4 Å². The van der Waals surface area contributed by atoms with Gasteiger partial charge in [-0.2, -0.15) is 0 Å². The molecule has 4 rings (SSSR count). The van der Waals surface area contributed by atoms with Crippen LogP contribution in [0.25, 0.3) is 0 Å². The van der Waals surface area contributed by atoms with Crippen molar-refractivity contribution < 1.29 is 14.3 Å². The number of nitrogens with zero attached hydrogens (tertiary/aromatic N) is 2. The molecule has 0 fully saturated rings. The first-order chi connectivity index (χ1) is 17.5. The van der Waals surface area contributed by atoms with Crippen LogP contribution in [0.1, 0.15) is 46.0 Å². The van der Waals surface area contributed by atoms with E-state index in [-0.39, 0.29) is 24.5 Å². The van der Waals surface area contributed by atoms with Crippen molar-refractivity contribution in [1.82, 2.24) is 9.80 Å². The van der Waals surface area contributed by atoms with Crippen molar-refractivity contribution in [2.75, 3.05) is 26.2 Å². The quantitative estimate of drug-likeness (QED) is 0.397. The van der Waals surface area contributed by atoms with Crippen LogP contribution >= 0.6 is 23.2 Å². The Labute approximate surface area is 222 Å². The summed E-state index contributed by atoms with van der Waals surface area (Å²) in [5.41, 5.74) is 2.13. The van der Waals surface area contributed by atoms with E-state index >= 15 is 0 Å². The third kappa shape index (κ3) is 6.21. The van der Waals surface area contributed by atoms with Gasteiger partial charge in [-0.25, -0.2) is 0 Å². The molecule has 0 bridgehead atoms. The molecule has 1 aliphatic heterocycles. The average molecular weight is 525 g/mol. The zero-order chi connectivity index (χ0) is 25.5. The fourth-order valence-electron chi connectivity index (χ4n) is 4.50. The number of hydrogen-bond donors (Lipinski definition) is 0. The van der Waals surface area contributed by atoms with Gasteiger partial charge >= 0.3 is 0 Å². The summed E-state index contributed by atoms with van der Waals surface area (Å²) in [6.45, 7) is 3.98. The predicted molar refractivity (Wildman–Crippen MR) is 144 cm³/mol. The number of halogens is 2. The summed E-state index contributed by atoms with van der Waals surface area (Å²) in [4.78, 5) is 30.7. The summed E-state index contributed by atoms with van der Waals surface area (Å²) in [5.74, 6) is 0.380. The molecule has 3 aromatic carbocycles. The molecule has 0 aromatic heterocycles. The summed E-state index contributed by atoms with van der Waals surface area (Å²) >= 11 is 12.4. The fourth-order valence-corrected chi connectivity index (χ4v) is 4.80. The molecule has 0 spiro atoms. The Kier molecular flexibility index (Phi) is 8.89.